The van der Waals surface area contributed by atoms with Crippen LogP contribution in [-0.4, -0.2) is 53.3 Å². The fourth-order valence-electron chi connectivity index (χ4n) is 2.31. The van der Waals surface area contributed by atoms with Crippen molar-refractivity contribution >= 4 is 16.2 Å². The fourth-order valence-corrected chi connectivity index (χ4v) is 4.24. The first kappa shape index (κ1) is 16.4. The molecule has 0 aromatic rings. The van der Waals surface area contributed by atoms with Crippen LogP contribution in [0.1, 0.15) is 40.5 Å². The molecule has 0 unspecified atom stereocenters. The van der Waals surface area contributed by atoms with E-state index < -0.39 is 21.7 Å². The van der Waals surface area contributed by atoms with Crippen molar-refractivity contribution in [1.82, 2.24) is 8.61 Å². The van der Waals surface area contributed by atoms with Crippen LogP contribution in [0.25, 0.3) is 0 Å². The third-order valence-electron chi connectivity index (χ3n) is 3.78. The monoisotopic (exact) mass is 292 g/mol. The van der Waals surface area contributed by atoms with Crippen molar-refractivity contribution in [2.24, 2.45) is 5.92 Å². The van der Waals surface area contributed by atoms with Gasteiger partial charge in [0.2, 0.25) is 0 Å². The lowest BCUT2D eigenvalue weighted by Crippen LogP contribution is -2.57. The lowest BCUT2D eigenvalue weighted by Gasteiger charge is -2.39. The molecule has 1 N–H and O–H groups in total. The van der Waals surface area contributed by atoms with Crippen molar-refractivity contribution in [3.05, 3.63) is 0 Å². The van der Waals surface area contributed by atoms with Crippen molar-refractivity contribution < 1.29 is 18.3 Å². The maximum atomic E-state index is 12.6. The number of carboxylic acid groups (broad SMARTS) is 1. The second-order valence-electron chi connectivity index (χ2n) is 5.62. The highest BCUT2D eigenvalue weighted by atomic mass is 32.2. The molecule has 1 saturated heterocycles. The second-order valence-corrected chi connectivity index (χ2v) is 7.47. The molecule has 112 valence electrons. The van der Waals surface area contributed by atoms with Gasteiger partial charge in [0.15, 0.2) is 0 Å². The number of piperidine rings is 1. The Bertz CT molecular complexity index is 425. The van der Waals surface area contributed by atoms with Crippen molar-refractivity contribution in [2.45, 2.75) is 46.1 Å². The Morgan fingerprint density at radius 3 is 2.21 bits per heavy atom. The highest BCUT2D eigenvalue weighted by Gasteiger charge is 2.44. The average molecular weight is 292 g/mol. The van der Waals surface area contributed by atoms with E-state index in [2.05, 4.69) is 6.92 Å². The molecular formula is C12H24N2O4S. The van der Waals surface area contributed by atoms with Crippen LogP contribution in [0.15, 0.2) is 0 Å². The molecule has 0 aromatic heterocycles. The number of carboxylic acids is 1. The van der Waals surface area contributed by atoms with E-state index in [0.717, 1.165) is 17.1 Å². The van der Waals surface area contributed by atoms with Crippen molar-refractivity contribution in [3.63, 3.8) is 0 Å². The van der Waals surface area contributed by atoms with E-state index in [1.165, 1.54) is 18.2 Å². The first-order valence-corrected chi connectivity index (χ1v) is 8.05. The van der Waals surface area contributed by atoms with E-state index in [-0.39, 0.29) is 6.54 Å². The minimum atomic E-state index is -3.71. The number of hydrogen-bond acceptors (Lipinski definition) is 3. The number of rotatable bonds is 5. The van der Waals surface area contributed by atoms with Gasteiger partial charge in [-0.2, -0.15) is 17.0 Å². The summed E-state index contributed by atoms with van der Waals surface area (Å²) in [6.07, 6.45) is 1.65. The van der Waals surface area contributed by atoms with Crippen LogP contribution >= 0.6 is 0 Å². The maximum Gasteiger partial charge on any atom is 0.324 e. The van der Waals surface area contributed by atoms with E-state index in [1.54, 1.807) is 6.92 Å². The molecular weight excluding hydrogens is 268 g/mol. The first-order chi connectivity index (χ1) is 8.64. The standard InChI is InChI=1S/C12H24N2O4S/c1-5-14(12(3,4)11(15)16)19(17,18)13-8-6-10(2)7-9-13/h10H,5-9H2,1-4H3,(H,15,16). The number of nitrogens with zero attached hydrogens (tertiary/aromatic N) is 2. The predicted molar refractivity (Wildman–Crippen MR) is 73.0 cm³/mol. The van der Waals surface area contributed by atoms with Crippen molar-refractivity contribution in [3.8, 4) is 0 Å². The van der Waals surface area contributed by atoms with Gasteiger partial charge in [-0.05, 0) is 32.6 Å². The molecule has 1 aliphatic heterocycles. The van der Waals surface area contributed by atoms with Gasteiger partial charge in [-0.25, -0.2) is 0 Å². The quantitative estimate of drug-likeness (QED) is 0.824. The van der Waals surface area contributed by atoms with Crippen LogP contribution in [0.4, 0.5) is 0 Å². The molecule has 1 heterocycles. The van der Waals surface area contributed by atoms with Gasteiger partial charge in [0.1, 0.15) is 5.54 Å². The van der Waals surface area contributed by atoms with E-state index in [4.69, 9.17) is 0 Å². The highest BCUT2D eigenvalue weighted by Crippen LogP contribution is 2.25. The Morgan fingerprint density at radius 2 is 1.84 bits per heavy atom. The van der Waals surface area contributed by atoms with Crippen molar-refractivity contribution in [2.75, 3.05) is 19.6 Å². The second kappa shape index (κ2) is 5.76. The molecule has 7 heteroatoms. The summed E-state index contributed by atoms with van der Waals surface area (Å²) in [7, 11) is -3.71. The zero-order valence-electron chi connectivity index (χ0n) is 12.1. The van der Waals surface area contributed by atoms with E-state index in [9.17, 15) is 18.3 Å². The molecule has 0 radical (unpaired) electrons. The number of carbonyl (C=O) groups is 1. The minimum Gasteiger partial charge on any atom is -0.480 e. The van der Waals surface area contributed by atoms with Gasteiger partial charge in [-0.15, -0.1) is 0 Å². The molecule has 0 spiro atoms. The Morgan fingerprint density at radius 1 is 1.37 bits per heavy atom. The Kier molecular flexibility index (Phi) is 4.97. The summed E-state index contributed by atoms with van der Waals surface area (Å²) in [5, 5.41) is 9.22. The average Bonchev–Trinajstić information content (AvgIpc) is 2.29. The summed E-state index contributed by atoms with van der Waals surface area (Å²) in [6, 6.07) is 0. The molecule has 6 nitrogen and oxygen atoms in total. The highest BCUT2D eigenvalue weighted by molar-refractivity contribution is 7.86. The summed E-state index contributed by atoms with van der Waals surface area (Å²) >= 11 is 0. The van der Waals surface area contributed by atoms with Gasteiger partial charge in [-0.1, -0.05) is 13.8 Å². The zero-order valence-corrected chi connectivity index (χ0v) is 12.9. The Hall–Kier alpha value is -0.660. The fraction of sp³-hybridized carbons (Fsp3) is 0.917. The predicted octanol–water partition coefficient (Wildman–Crippen LogP) is 1.15. The molecule has 1 fully saturated rings. The molecule has 0 bridgehead atoms. The van der Waals surface area contributed by atoms with Crippen molar-refractivity contribution in [1.29, 1.82) is 0 Å². The molecule has 1 rings (SSSR count). The minimum absolute atomic E-state index is 0.147. The Balaban J connectivity index is 3.00. The lowest BCUT2D eigenvalue weighted by atomic mass is 10.0. The third-order valence-corrected chi connectivity index (χ3v) is 6.07. The van der Waals surface area contributed by atoms with Crippen LogP contribution in [0, 0.1) is 5.92 Å². The van der Waals surface area contributed by atoms with Crippen LogP contribution < -0.4 is 0 Å². The van der Waals surface area contributed by atoms with Gasteiger partial charge < -0.3 is 5.11 Å². The van der Waals surface area contributed by atoms with Gasteiger partial charge in [0, 0.05) is 19.6 Å². The molecule has 0 atom stereocenters. The van der Waals surface area contributed by atoms with Gasteiger partial charge in [-0.3, -0.25) is 4.79 Å². The van der Waals surface area contributed by atoms with Crippen LogP contribution in [0.2, 0.25) is 0 Å². The lowest BCUT2D eigenvalue weighted by molar-refractivity contribution is -0.146. The topological polar surface area (TPSA) is 77.9 Å². The van der Waals surface area contributed by atoms with E-state index in [1.807, 2.05) is 0 Å². The molecule has 0 saturated carbocycles. The number of likely N-dealkylation sites (N-methyl/N-ethyl adjacent to an activating group) is 1. The molecule has 0 aromatic carbocycles. The smallest absolute Gasteiger partial charge is 0.324 e. The van der Waals surface area contributed by atoms with Crippen LogP contribution in [-0.2, 0) is 15.0 Å². The number of aliphatic carboxylic acids is 1. The first-order valence-electron chi connectivity index (χ1n) is 6.65. The molecule has 0 aliphatic carbocycles. The Labute approximate surface area is 115 Å². The van der Waals surface area contributed by atoms with E-state index in [0.29, 0.717) is 19.0 Å². The summed E-state index contributed by atoms with van der Waals surface area (Å²) in [6.45, 7) is 7.68. The zero-order chi connectivity index (χ0) is 14.8. The van der Waals surface area contributed by atoms with Gasteiger partial charge in [0.25, 0.3) is 10.2 Å². The molecule has 0 amide bonds. The summed E-state index contributed by atoms with van der Waals surface area (Å²) in [5.74, 6) is -0.614. The van der Waals surface area contributed by atoms with Gasteiger partial charge >= 0.3 is 5.97 Å². The van der Waals surface area contributed by atoms with Gasteiger partial charge in [0.05, 0.1) is 0 Å². The summed E-state index contributed by atoms with van der Waals surface area (Å²) < 4.78 is 27.6. The normalized spacial score (nSPS) is 19.8. The van der Waals surface area contributed by atoms with Crippen LogP contribution in [0.3, 0.4) is 0 Å². The summed E-state index contributed by atoms with van der Waals surface area (Å²) in [5.41, 5.74) is -1.43. The molecule has 1 aliphatic rings. The third kappa shape index (κ3) is 3.27. The maximum absolute atomic E-state index is 12.6. The SMILES string of the molecule is CCN(C(C)(C)C(=O)O)S(=O)(=O)N1CCC(C)CC1. The number of hydrogen-bond donors (Lipinski definition) is 1. The summed E-state index contributed by atoms with van der Waals surface area (Å²) in [4.78, 5) is 11.3. The molecule has 19 heavy (non-hydrogen) atoms. The van der Waals surface area contributed by atoms with Crippen LogP contribution in [0.5, 0.6) is 0 Å². The largest absolute Gasteiger partial charge is 0.480 e. The van der Waals surface area contributed by atoms with E-state index >= 15 is 0 Å².